The van der Waals surface area contributed by atoms with Gasteiger partial charge in [0.05, 0.1) is 12.8 Å². The van der Waals surface area contributed by atoms with Crippen molar-refractivity contribution < 1.29 is 23.9 Å². The summed E-state index contributed by atoms with van der Waals surface area (Å²) in [5.74, 6) is -0.334. The molecule has 3 rings (SSSR count). The predicted octanol–water partition coefficient (Wildman–Crippen LogP) is 2.44. The first kappa shape index (κ1) is 17.0. The molecule has 2 heterocycles. The highest BCUT2D eigenvalue weighted by molar-refractivity contribution is 7.12. The number of esters is 1. The van der Waals surface area contributed by atoms with Gasteiger partial charge in [0.15, 0.2) is 6.61 Å². The zero-order chi connectivity index (χ0) is 17.8. The second kappa shape index (κ2) is 7.35. The molecular weight excluding hydrogens is 344 g/mol. The van der Waals surface area contributed by atoms with Crippen LogP contribution in [-0.2, 0) is 20.7 Å². The van der Waals surface area contributed by atoms with Crippen LogP contribution in [0.4, 0.5) is 11.4 Å². The number of fused-ring (bicyclic) bond motifs is 1. The SMILES string of the molecule is COC(=O)c1sccc1NC(=O)COc1ccc2c(c1)CCC(=O)N2. The number of carbonyl (C=O) groups excluding carboxylic acids is 3. The third-order valence-corrected chi connectivity index (χ3v) is 4.55. The van der Waals surface area contributed by atoms with Crippen LogP contribution in [0.15, 0.2) is 29.6 Å². The van der Waals surface area contributed by atoms with Gasteiger partial charge in [-0.15, -0.1) is 11.3 Å². The van der Waals surface area contributed by atoms with Crippen molar-refractivity contribution in [1.82, 2.24) is 0 Å². The molecule has 130 valence electrons. The van der Waals surface area contributed by atoms with E-state index in [4.69, 9.17) is 4.74 Å². The van der Waals surface area contributed by atoms with Crippen LogP contribution in [0.25, 0.3) is 0 Å². The Hall–Kier alpha value is -2.87. The summed E-state index contributed by atoms with van der Waals surface area (Å²) in [5.41, 5.74) is 2.15. The Balaban J connectivity index is 1.59. The van der Waals surface area contributed by atoms with E-state index >= 15 is 0 Å². The number of anilines is 2. The highest BCUT2D eigenvalue weighted by Gasteiger charge is 2.17. The number of aryl methyl sites for hydroxylation is 1. The monoisotopic (exact) mass is 360 g/mol. The molecule has 25 heavy (non-hydrogen) atoms. The number of benzene rings is 1. The Bertz CT molecular complexity index is 830. The molecule has 0 unspecified atom stereocenters. The van der Waals surface area contributed by atoms with Crippen molar-refractivity contribution in [2.24, 2.45) is 0 Å². The van der Waals surface area contributed by atoms with Gasteiger partial charge in [-0.3, -0.25) is 9.59 Å². The van der Waals surface area contributed by atoms with Gasteiger partial charge in [-0.1, -0.05) is 0 Å². The summed E-state index contributed by atoms with van der Waals surface area (Å²) >= 11 is 1.19. The van der Waals surface area contributed by atoms with Crippen LogP contribution in [0.5, 0.6) is 5.75 Å². The van der Waals surface area contributed by atoms with Gasteiger partial charge >= 0.3 is 5.97 Å². The van der Waals surface area contributed by atoms with Gasteiger partial charge in [0.1, 0.15) is 10.6 Å². The second-order valence-corrected chi connectivity index (χ2v) is 6.28. The smallest absolute Gasteiger partial charge is 0.350 e. The Morgan fingerprint density at radius 3 is 2.92 bits per heavy atom. The molecule has 1 aliphatic rings. The van der Waals surface area contributed by atoms with E-state index in [1.807, 2.05) is 6.07 Å². The fourth-order valence-corrected chi connectivity index (χ4v) is 3.21. The first-order valence-corrected chi connectivity index (χ1v) is 8.46. The lowest BCUT2D eigenvalue weighted by Crippen LogP contribution is -2.21. The maximum atomic E-state index is 12.0. The van der Waals surface area contributed by atoms with Gasteiger partial charge < -0.3 is 20.1 Å². The molecule has 0 spiro atoms. The lowest BCUT2D eigenvalue weighted by atomic mass is 10.0. The molecule has 2 aromatic rings. The first-order chi connectivity index (χ1) is 12.1. The van der Waals surface area contributed by atoms with Gasteiger partial charge in [0, 0.05) is 12.1 Å². The minimum atomic E-state index is -0.497. The van der Waals surface area contributed by atoms with Crippen LogP contribution in [0.2, 0.25) is 0 Å². The third-order valence-electron chi connectivity index (χ3n) is 3.65. The average Bonchev–Trinajstić information content (AvgIpc) is 3.07. The van der Waals surface area contributed by atoms with Crippen LogP contribution in [0.1, 0.15) is 21.7 Å². The maximum absolute atomic E-state index is 12.0. The fraction of sp³-hybridized carbons (Fsp3) is 0.235. The number of nitrogens with one attached hydrogen (secondary N) is 2. The number of ether oxygens (including phenoxy) is 2. The largest absolute Gasteiger partial charge is 0.484 e. The number of hydrogen-bond donors (Lipinski definition) is 2. The van der Waals surface area contributed by atoms with Crippen molar-refractivity contribution in [2.45, 2.75) is 12.8 Å². The molecule has 2 N–H and O–H groups in total. The fourth-order valence-electron chi connectivity index (χ4n) is 2.44. The summed E-state index contributed by atoms with van der Waals surface area (Å²) in [6.45, 7) is -0.193. The summed E-state index contributed by atoms with van der Waals surface area (Å²) in [5, 5.41) is 7.12. The van der Waals surface area contributed by atoms with E-state index in [-0.39, 0.29) is 18.4 Å². The predicted molar refractivity (Wildman–Crippen MR) is 93.2 cm³/mol. The van der Waals surface area contributed by atoms with E-state index in [1.54, 1.807) is 23.6 Å². The Labute approximate surface area is 147 Å². The maximum Gasteiger partial charge on any atom is 0.350 e. The van der Waals surface area contributed by atoms with E-state index < -0.39 is 5.97 Å². The van der Waals surface area contributed by atoms with Crippen LogP contribution < -0.4 is 15.4 Å². The average molecular weight is 360 g/mol. The van der Waals surface area contributed by atoms with E-state index in [0.29, 0.717) is 29.2 Å². The quantitative estimate of drug-likeness (QED) is 0.799. The van der Waals surface area contributed by atoms with E-state index in [9.17, 15) is 14.4 Å². The lowest BCUT2D eigenvalue weighted by molar-refractivity contribution is -0.118. The number of amides is 2. The normalized spacial score (nSPS) is 12.8. The molecule has 0 bridgehead atoms. The van der Waals surface area contributed by atoms with Gasteiger partial charge in [0.25, 0.3) is 5.91 Å². The highest BCUT2D eigenvalue weighted by atomic mass is 32.1. The Morgan fingerprint density at radius 1 is 1.28 bits per heavy atom. The van der Waals surface area contributed by atoms with Crippen LogP contribution in [0, 0.1) is 0 Å². The molecule has 1 aromatic heterocycles. The van der Waals surface area contributed by atoms with Crippen molar-refractivity contribution in [3.05, 3.63) is 40.1 Å². The number of hydrogen-bond acceptors (Lipinski definition) is 6. The molecule has 0 radical (unpaired) electrons. The topological polar surface area (TPSA) is 93.7 Å². The minimum absolute atomic E-state index is 0.00211. The van der Waals surface area contributed by atoms with Crippen molar-refractivity contribution in [2.75, 3.05) is 24.4 Å². The second-order valence-electron chi connectivity index (χ2n) is 5.36. The first-order valence-electron chi connectivity index (χ1n) is 7.58. The molecule has 8 heteroatoms. The summed E-state index contributed by atoms with van der Waals surface area (Å²) in [6, 6.07) is 6.90. The molecule has 2 amide bonds. The van der Waals surface area contributed by atoms with E-state index in [1.165, 1.54) is 18.4 Å². The van der Waals surface area contributed by atoms with E-state index in [2.05, 4.69) is 15.4 Å². The highest BCUT2D eigenvalue weighted by Crippen LogP contribution is 2.27. The van der Waals surface area contributed by atoms with E-state index in [0.717, 1.165) is 11.3 Å². The summed E-state index contributed by atoms with van der Waals surface area (Å²) in [6.07, 6.45) is 1.08. The van der Waals surface area contributed by atoms with Crippen molar-refractivity contribution in [1.29, 1.82) is 0 Å². The molecule has 0 fully saturated rings. The zero-order valence-corrected chi connectivity index (χ0v) is 14.3. The van der Waals surface area contributed by atoms with Crippen LogP contribution >= 0.6 is 11.3 Å². The lowest BCUT2D eigenvalue weighted by Gasteiger charge is -2.17. The summed E-state index contributed by atoms with van der Waals surface area (Å²) < 4.78 is 10.2. The third kappa shape index (κ3) is 3.97. The Morgan fingerprint density at radius 2 is 2.12 bits per heavy atom. The molecule has 1 aliphatic heterocycles. The standard InChI is InChI=1S/C17H16N2O5S/c1-23-17(22)16-13(6-7-25-16)19-15(21)9-24-11-3-4-12-10(8-11)2-5-14(20)18-12/h3-4,6-8H,2,5,9H2,1H3,(H,18,20)(H,19,21). The molecule has 0 saturated heterocycles. The minimum Gasteiger partial charge on any atom is -0.484 e. The number of thiophene rings is 1. The molecule has 0 atom stereocenters. The van der Waals surface area contributed by atoms with Gasteiger partial charge in [-0.25, -0.2) is 4.79 Å². The van der Waals surface area contributed by atoms with Gasteiger partial charge in [-0.2, -0.15) is 0 Å². The molecule has 0 saturated carbocycles. The van der Waals surface area contributed by atoms with Crippen LogP contribution in [-0.4, -0.2) is 31.5 Å². The van der Waals surface area contributed by atoms with Gasteiger partial charge in [0.2, 0.25) is 5.91 Å². The number of carbonyl (C=O) groups is 3. The summed E-state index contributed by atoms with van der Waals surface area (Å²) in [4.78, 5) is 35.3. The molecule has 0 aliphatic carbocycles. The molecular formula is C17H16N2O5S. The molecule has 1 aromatic carbocycles. The molecule has 7 nitrogen and oxygen atoms in total. The van der Waals surface area contributed by atoms with Gasteiger partial charge in [-0.05, 0) is 41.6 Å². The van der Waals surface area contributed by atoms with Crippen molar-refractivity contribution in [3.8, 4) is 5.75 Å². The van der Waals surface area contributed by atoms with Crippen molar-refractivity contribution >= 4 is 40.5 Å². The Kier molecular flexibility index (Phi) is 4.99. The summed E-state index contributed by atoms with van der Waals surface area (Å²) in [7, 11) is 1.29. The number of methoxy groups -OCH3 is 1. The van der Waals surface area contributed by atoms with Crippen molar-refractivity contribution in [3.63, 3.8) is 0 Å². The zero-order valence-electron chi connectivity index (χ0n) is 13.5. The van der Waals surface area contributed by atoms with Crippen LogP contribution in [0.3, 0.4) is 0 Å². The number of rotatable bonds is 5.